The molecule has 10 nitrogen and oxygen atoms in total. The molecule has 0 radical (unpaired) electrons. The Labute approximate surface area is 228 Å². The Hall–Kier alpha value is -5.45. The van der Waals surface area contributed by atoms with E-state index in [1.807, 2.05) is 0 Å². The van der Waals surface area contributed by atoms with Crippen LogP contribution in [-0.4, -0.2) is 47.5 Å². The molecule has 5 aromatic rings. The number of benzene rings is 3. The number of nitrogens with one attached hydrogen (secondary N) is 3. The number of ether oxygens (including phenoxy) is 2. The smallest absolute Gasteiger partial charge is 0.255 e. The largest absolute Gasteiger partial charge is 0.493 e. The Kier molecular flexibility index (Phi) is 7.27. The topological polar surface area (TPSA) is 119 Å². The molecule has 0 atom stereocenters. The van der Waals surface area contributed by atoms with Gasteiger partial charge in [-0.15, -0.1) is 0 Å². The van der Waals surface area contributed by atoms with E-state index < -0.39 is 17.6 Å². The van der Waals surface area contributed by atoms with Crippen LogP contribution in [0.5, 0.6) is 11.5 Å². The van der Waals surface area contributed by atoms with Crippen molar-refractivity contribution in [2.45, 2.75) is 0 Å². The summed E-state index contributed by atoms with van der Waals surface area (Å²) in [6, 6.07) is 16.4. The molecule has 0 bridgehead atoms. The van der Waals surface area contributed by atoms with Crippen LogP contribution in [0.25, 0.3) is 16.9 Å². The summed E-state index contributed by atoms with van der Waals surface area (Å²) in [5.74, 6) is -0.476. The molecule has 0 aliphatic rings. The van der Waals surface area contributed by atoms with E-state index >= 15 is 4.39 Å². The Morgan fingerprint density at radius 2 is 1.70 bits per heavy atom. The average molecular weight is 541 g/mol. The standard InChI is InChI=1S/C29H25FN6O4/c1-31-29(38)25-20(13-19(14-21(25)30)34-28(37)17-7-5-4-6-8-17)22-16-36-12-11-32-27(36)26(35-22)33-18-9-10-23(39-2)24(15-18)40-3/h4-16H,1-3H3,(H,31,38)(H,33,35)(H,34,37). The maximum absolute atomic E-state index is 15.4. The molecule has 0 aliphatic carbocycles. The second-order valence-corrected chi connectivity index (χ2v) is 8.61. The third kappa shape index (κ3) is 5.12. The van der Waals surface area contributed by atoms with Crippen LogP contribution in [-0.2, 0) is 0 Å². The quantitative estimate of drug-likeness (QED) is 0.256. The molecule has 5 rings (SSSR count). The molecule has 3 N–H and O–H groups in total. The van der Waals surface area contributed by atoms with Gasteiger partial charge in [0, 0.05) is 54.2 Å². The zero-order chi connectivity index (χ0) is 28.2. The number of anilines is 3. The van der Waals surface area contributed by atoms with Crippen molar-refractivity contribution < 1.29 is 23.5 Å². The molecule has 0 fully saturated rings. The predicted octanol–water partition coefficient (Wildman–Crippen LogP) is 4.91. The maximum atomic E-state index is 15.4. The van der Waals surface area contributed by atoms with E-state index in [1.165, 1.54) is 20.2 Å². The van der Waals surface area contributed by atoms with Crippen molar-refractivity contribution in [3.05, 3.63) is 96.2 Å². The number of carbonyl (C=O) groups excluding carboxylic acids is 2. The maximum Gasteiger partial charge on any atom is 0.255 e. The zero-order valence-electron chi connectivity index (χ0n) is 21.9. The fourth-order valence-corrected chi connectivity index (χ4v) is 4.23. The van der Waals surface area contributed by atoms with Crippen molar-refractivity contribution in [1.82, 2.24) is 19.7 Å². The molecule has 0 saturated carbocycles. The lowest BCUT2D eigenvalue weighted by Gasteiger charge is -2.15. The van der Waals surface area contributed by atoms with Crippen LogP contribution in [0.2, 0.25) is 0 Å². The summed E-state index contributed by atoms with van der Waals surface area (Å²) < 4.78 is 27.9. The fourth-order valence-electron chi connectivity index (χ4n) is 4.23. The van der Waals surface area contributed by atoms with E-state index in [0.717, 1.165) is 6.07 Å². The van der Waals surface area contributed by atoms with E-state index in [-0.39, 0.29) is 22.5 Å². The van der Waals surface area contributed by atoms with Crippen molar-refractivity contribution in [3.8, 4) is 22.8 Å². The molecule has 202 valence electrons. The number of fused-ring (bicyclic) bond motifs is 1. The minimum absolute atomic E-state index is 0.163. The van der Waals surface area contributed by atoms with Gasteiger partial charge in [-0.25, -0.2) is 14.4 Å². The zero-order valence-corrected chi connectivity index (χ0v) is 21.9. The van der Waals surface area contributed by atoms with Gasteiger partial charge < -0.3 is 29.8 Å². The predicted molar refractivity (Wildman–Crippen MR) is 149 cm³/mol. The van der Waals surface area contributed by atoms with Crippen molar-refractivity contribution in [1.29, 1.82) is 0 Å². The Bertz CT molecular complexity index is 1720. The molecule has 11 heteroatoms. The van der Waals surface area contributed by atoms with Crippen LogP contribution >= 0.6 is 0 Å². The van der Waals surface area contributed by atoms with Crippen LogP contribution in [0.15, 0.2) is 79.3 Å². The first kappa shape index (κ1) is 26.2. The molecule has 0 spiro atoms. The normalized spacial score (nSPS) is 10.7. The molecular weight excluding hydrogens is 515 g/mol. The van der Waals surface area contributed by atoms with Gasteiger partial charge in [0.2, 0.25) is 0 Å². The summed E-state index contributed by atoms with van der Waals surface area (Å²) >= 11 is 0. The molecule has 0 aliphatic heterocycles. The SMILES string of the molecule is CNC(=O)c1c(F)cc(NC(=O)c2ccccc2)cc1-c1cn2ccnc2c(Nc2ccc(OC)c(OC)c2)n1. The first-order valence-electron chi connectivity index (χ1n) is 12.2. The van der Waals surface area contributed by atoms with Gasteiger partial charge in [-0.3, -0.25) is 9.59 Å². The lowest BCUT2D eigenvalue weighted by molar-refractivity contribution is 0.0959. The third-order valence-electron chi connectivity index (χ3n) is 6.13. The molecule has 0 saturated heterocycles. The second-order valence-electron chi connectivity index (χ2n) is 8.61. The highest BCUT2D eigenvalue weighted by Gasteiger charge is 2.22. The second kappa shape index (κ2) is 11.1. The number of methoxy groups -OCH3 is 2. The van der Waals surface area contributed by atoms with Crippen molar-refractivity contribution in [2.24, 2.45) is 0 Å². The van der Waals surface area contributed by atoms with Crippen molar-refractivity contribution in [3.63, 3.8) is 0 Å². The number of rotatable bonds is 8. The summed E-state index contributed by atoms with van der Waals surface area (Å²) in [4.78, 5) is 34.6. The number of aromatic nitrogens is 3. The lowest BCUT2D eigenvalue weighted by Crippen LogP contribution is -2.21. The first-order valence-corrected chi connectivity index (χ1v) is 12.2. The van der Waals surface area contributed by atoms with Crippen molar-refractivity contribution in [2.75, 3.05) is 31.9 Å². The minimum Gasteiger partial charge on any atom is -0.493 e. The van der Waals surface area contributed by atoms with Crippen LogP contribution in [0.4, 0.5) is 21.6 Å². The molecule has 2 aromatic heterocycles. The first-order chi connectivity index (χ1) is 19.4. The number of amides is 2. The lowest BCUT2D eigenvalue weighted by atomic mass is 10.0. The Morgan fingerprint density at radius 1 is 0.925 bits per heavy atom. The van der Waals surface area contributed by atoms with Crippen LogP contribution < -0.4 is 25.4 Å². The highest BCUT2D eigenvalue weighted by atomic mass is 19.1. The molecule has 40 heavy (non-hydrogen) atoms. The third-order valence-corrected chi connectivity index (χ3v) is 6.13. The van der Waals surface area contributed by atoms with Gasteiger partial charge >= 0.3 is 0 Å². The van der Waals surface area contributed by atoms with Gasteiger partial charge in [0.05, 0.1) is 25.5 Å². The van der Waals surface area contributed by atoms with E-state index in [9.17, 15) is 9.59 Å². The van der Waals surface area contributed by atoms with Gasteiger partial charge in [-0.1, -0.05) is 18.2 Å². The van der Waals surface area contributed by atoms with Gasteiger partial charge in [0.15, 0.2) is 23.0 Å². The van der Waals surface area contributed by atoms with Crippen LogP contribution in [0, 0.1) is 5.82 Å². The highest BCUT2D eigenvalue weighted by Crippen LogP contribution is 2.34. The van der Waals surface area contributed by atoms with E-state index in [2.05, 4.69) is 20.9 Å². The fraction of sp³-hybridized carbons (Fsp3) is 0.103. The summed E-state index contributed by atoms with van der Waals surface area (Å²) in [5.41, 5.74) is 1.91. The Balaban J connectivity index is 1.61. The summed E-state index contributed by atoms with van der Waals surface area (Å²) in [6.07, 6.45) is 4.93. The molecular formula is C29H25FN6O4. The van der Waals surface area contributed by atoms with E-state index in [1.54, 1.807) is 78.6 Å². The molecule has 3 aromatic carbocycles. The minimum atomic E-state index is -0.817. The molecule has 2 amide bonds. The number of imidazole rings is 1. The number of halogens is 1. The van der Waals surface area contributed by atoms with E-state index in [4.69, 9.17) is 14.5 Å². The van der Waals surface area contributed by atoms with Crippen LogP contribution in [0.1, 0.15) is 20.7 Å². The molecule has 0 unspecified atom stereocenters. The average Bonchev–Trinajstić information content (AvgIpc) is 3.46. The highest BCUT2D eigenvalue weighted by molar-refractivity contribution is 6.06. The van der Waals surface area contributed by atoms with Gasteiger partial charge in [-0.2, -0.15) is 0 Å². The number of hydrogen-bond donors (Lipinski definition) is 3. The monoisotopic (exact) mass is 540 g/mol. The number of hydrogen-bond acceptors (Lipinski definition) is 7. The summed E-state index contributed by atoms with van der Waals surface area (Å²) in [7, 11) is 4.49. The van der Waals surface area contributed by atoms with Gasteiger partial charge in [0.25, 0.3) is 11.8 Å². The van der Waals surface area contributed by atoms with Gasteiger partial charge in [-0.05, 0) is 36.4 Å². The summed E-state index contributed by atoms with van der Waals surface area (Å²) in [5, 5.41) is 8.40. The summed E-state index contributed by atoms with van der Waals surface area (Å²) in [6.45, 7) is 0. The Morgan fingerprint density at radius 3 is 2.42 bits per heavy atom. The van der Waals surface area contributed by atoms with Gasteiger partial charge in [0.1, 0.15) is 5.82 Å². The van der Waals surface area contributed by atoms with E-state index in [0.29, 0.717) is 34.2 Å². The number of nitrogens with zero attached hydrogens (tertiary/aromatic N) is 3. The number of carbonyl (C=O) groups is 2. The van der Waals surface area contributed by atoms with Crippen LogP contribution in [0.3, 0.4) is 0 Å². The molecule has 2 heterocycles. The van der Waals surface area contributed by atoms with Crippen molar-refractivity contribution >= 4 is 34.7 Å².